The number of rotatable bonds is 12. The second-order valence-corrected chi connectivity index (χ2v) is 7.50. The van der Waals surface area contributed by atoms with Gasteiger partial charge in [-0.15, -0.1) is 0 Å². The first-order valence-corrected chi connectivity index (χ1v) is 9.96. The molecule has 1 rings (SSSR count). The summed E-state index contributed by atoms with van der Waals surface area (Å²) in [4.78, 5) is 2.18. The zero-order valence-electron chi connectivity index (χ0n) is 14.6. The summed E-state index contributed by atoms with van der Waals surface area (Å²) in [7, 11) is 0. The minimum atomic E-state index is -0.689. The van der Waals surface area contributed by atoms with E-state index in [2.05, 4.69) is 17.9 Å². The van der Waals surface area contributed by atoms with Crippen molar-refractivity contribution in [3.05, 3.63) is 29.8 Å². The summed E-state index contributed by atoms with van der Waals surface area (Å²) in [5.74, 6) is 2.14. The van der Waals surface area contributed by atoms with Gasteiger partial charge in [-0.1, -0.05) is 18.1 Å². The lowest BCUT2D eigenvalue weighted by atomic mass is 10.2. The van der Waals surface area contributed by atoms with E-state index in [0.717, 1.165) is 37.4 Å². The second kappa shape index (κ2) is 12.2. The summed E-state index contributed by atoms with van der Waals surface area (Å²) in [6, 6.07) is 8.91. The van der Waals surface area contributed by atoms with E-state index in [9.17, 15) is 9.66 Å². The third-order valence-electron chi connectivity index (χ3n) is 3.76. The molecule has 2 atom stereocenters. The first kappa shape index (κ1) is 20.8. The molecule has 0 saturated heterocycles. The SMILES string of the molecule is CCN(CCCC[S+]([O-])CC)CC(O)COc1ccc(C#N)cc1. The van der Waals surface area contributed by atoms with E-state index in [1.807, 2.05) is 6.92 Å². The molecule has 1 aromatic carbocycles. The molecule has 0 amide bonds. The summed E-state index contributed by atoms with van der Waals surface area (Å²) in [5, 5.41) is 18.9. The second-order valence-electron chi connectivity index (χ2n) is 5.63. The molecule has 0 heterocycles. The van der Waals surface area contributed by atoms with Gasteiger partial charge in [0.2, 0.25) is 0 Å². The maximum absolute atomic E-state index is 11.4. The number of benzene rings is 1. The molecular formula is C18H28N2O3S. The predicted octanol–water partition coefficient (Wildman–Crippen LogP) is 2.17. The van der Waals surface area contributed by atoms with Crippen molar-refractivity contribution < 1.29 is 14.4 Å². The smallest absolute Gasteiger partial charge is 0.119 e. The molecule has 0 bridgehead atoms. The Morgan fingerprint density at radius 2 is 2.00 bits per heavy atom. The largest absolute Gasteiger partial charge is 0.616 e. The molecule has 0 radical (unpaired) electrons. The molecular weight excluding hydrogens is 324 g/mol. The number of aliphatic hydroxyl groups excluding tert-OH is 1. The molecule has 0 saturated carbocycles. The van der Waals surface area contributed by atoms with Crippen LogP contribution in [0, 0.1) is 11.3 Å². The Balaban J connectivity index is 2.25. The van der Waals surface area contributed by atoms with Crippen LogP contribution < -0.4 is 4.74 Å². The molecule has 1 N–H and O–H groups in total. The standard InChI is InChI=1S/C18H28N2O3S/c1-3-20(11-5-6-12-24(22)4-2)14-17(21)15-23-18-9-7-16(13-19)8-10-18/h7-10,17,21H,3-6,11-12,14-15H2,1-2H3. The number of aliphatic hydroxyl groups is 1. The average molecular weight is 353 g/mol. The fraction of sp³-hybridized carbons (Fsp3) is 0.611. The maximum atomic E-state index is 11.4. The van der Waals surface area contributed by atoms with E-state index >= 15 is 0 Å². The summed E-state index contributed by atoms with van der Waals surface area (Å²) in [6.45, 7) is 6.55. The molecule has 0 aliphatic carbocycles. The van der Waals surface area contributed by atoms with E-state index < -0.39 is 17.3 Å². The van der Waals surface area contributed by atoms with Gasteiger partial charge in [0.15, 0.2) is 0 Å². The summed E-state index contributed by atoms with van der Waals surface area (Å²) in [6.07, 6.45) is 1.38. The lowest BCUT2D eigenvalue weighted by Gasteiger charge is -2.23. The summed E-state index contributed by atoms with van der Waals surface area (Å²) in [5.41, 5.74) is 0.587. The van der Waals surface area contributed by atoms with Crippen LogP contribution in [0.5, 0.6) is 5.75 Å². The van der Waals surface area contributed by atoms with Gasteiger partial charge in [0.25, 0.3) is 0 Å². The van der Waals surface area contributed by atoms with Gasteiger partial charge in [0, 0.05) is 6.54 Å². The number of likely N-dealkylation sites (N-methyl/N-ethyl adjacent to an activating group) is 1. The van der Waals surface area contributed by atoms with Crippen molar-refractivity contribution >= 4 is 11.2 Å². The molecule has 24 heavy (non-hydrogen) atoms. The highest BCUT2D eigenvalue weighted by Crippen LogP contribution is 2.12. The Morgan fingerprint density at radius 3 is 2.58 bits per heavy atom. The highest BCUT2D eigenvalue weighted by molar-refractivity contribution is 7.91. The van der Waals surface area contributed by atoms with Crippen molar-refractivity contribution in [1.29, 1.82) is 5.26 Å². The minimum absolute atomic E-state index is 0.224. The molecule has 2 unspecified atom stereocenters. The third kappa shape index (κ3) is 8.55. The van der Waals surface area contributed by atoms with Crippen LogP contribution in [0.15, 0.2) is 24.3 Å². The van der Waals surface area contributed by atoms with Crippen molar-refractivity contribution in [3.8, 4) is 11.8 Å². The zero-order chi connectivity index (χ0) is 17.8. The summed E-state index contributed by atoms with van der Waals surface area (Å²) >= 11 is -0.689. The highest BCUT2D eigenvalue weighted by atomic mass is 32.2. The molecule has 1 aromatic rings. The normalized spacial score (nSPS) is 13.5. The van der Waals surface area contributed by atoms with Crippen molar-refractivity contribution in [2.45, 2.75) is 32.8 Å². The Hall–Kier alpha value is -1.26. The minimum Gasteiger partial charge on any atom is -0.616 e. The lowest BCUT2D eigenvalue weighted by Crippen LogP contribution is -2.36. The van der Waals surface area contributed by atoms with E-state index in [1.54, 1.807) is 24.3 Å². The molecule has 0 aliphatic heterocycles. The topological polar surface area (TPSA) is 79.6 Å². The van der Waals surface area contributed by atoms with Gasteiger partial charge in [-0.25, -0.2) is 0 Å². The van der Waals surface area contributed by atoms with Gasteiger partial charge < -0.3 is 19.3 Å². The predicted molar refractivity (Wildman–Crippen MR) is 97.6 cm³/mol. The first-order valence-electron chi connectivity index (χ1n) is 8.47. The van der Waals surface area contributed by atoms with E-state index in [-0.39, 0.29) is 6.61 Å². The molecule has 6 heteroatoms. The Kier molecular flexibility index (Phi) is 10.5. The Bertz CT molecular complexity index is 490. The fourth-order valence-corrected chi connectivity index (χ4v) is 3.10. The van der Waals surface area contributed by atoms with Gasteiger partial charge in [-0.3, -0.25) is 0 Å². The van der Waals surface area contributed by atoms with Crippen LogP contribution in [-0.4, -0.2) is 58.4 Å². The van der Waals surface area contributed by atoms with Crippen LogP contribution in [0.4, 0.5) is 0 Å². The zero-order valence-corrected chi connectivity index (χ0v) is 15.4. The van der Waals surface area contributed by atoms with Gasteiger partial charge in [0.1, 0.15) is 30.0 Å². The Labute approximate surface area is 148 Å². The third-order valence-corrected chi connectivity index (χ3v) is 5.15. The van der Waals surface area contributed by atoms with Crippen molar-refractivity contribution in [2.24, 2.45) is 0 Å². The van der Waals surface area contributed by atoms with Crippen molar-refractivity contribution in [1.82, 2.24) is 4.90 Å². The van der Waals surface area contributed by atoms with Crippen LogP contribution >= 0.6 is 0 Å². The van der Waals surface area contributed by atoms with Crippen molar-refractivity contribution in [2.75, 3.05) is 37.7 Å². The van der Waals surface area contributed by atoms with E-state index in [4.69, 9.17) is 10.00 Å². The van der Waals surface area contributed by atoms with Crippen LogP contribution in [-0.2, 0) is 11.2 Å². The quantitative estimate of drug-likeness (QED) is 0.461. The van der Waals surface area contributed by atoms with Gasteiger partial charge in [0.05, 0.1) is 11.6 Å². The van der Waals surface area contributed by atoms with Crippen LogP contribution in [0.25, 0.3) is 0 Å². The van der Waals surface area contributed by atoms with Crippen LogP contribution in [0.2, 0.25) is 0 Å². The fourth-order valence-electron chi connectivity index (χ4n) is 2.29. The molecule has 5 nitrogen and oxygen atoms in total. The number of hydrogen-bond acceptors (Lipinski definition) is 5. The van der Waals surface area contributed by atoms with Gasteiger partial charge in [-0.2, -0.15) is 5.26 Å². The van der Waals surface area contributed by atoms with Gasteiger partial charge in [-0.05, 0) is 57.1 Å². The molecule has 0 aliphatic rings. The van der Waals surface area contributed by atoms with E-state index in [0.29, 0.717) is 17.9 Å². The van der Waals surface area contributed by atoms with Crippen LogP contribution in [0.3, 0.4) is 0 Å². The number of nitriles is 1. The lowest BCUT2D eigenvalue weighted by molar-refractivity contribution is 0.0695. The van der Waals surface area contributed by atoms with Crippen LogP contribution in [0.1, 0.15) is 32.3 Å². The summed E-state index contributed by atoms with van der Waals surface area (Å²) < 4.78 is 16.9. The van der Waals surface area contributed by atoms with E-state index in [1.165, 1.54) is 0 Å². The van der Waals surface area contributed by atoms with Crippen molar-refractivity contribution in [3.63, 3.8) is 0 Å². The number of hydrogen-bond donors (Lipinski definition) is 1. The average Bonchev–Trinajstić information content (AvgIpc) is 2.62. The number of ether oxygens (including phenoxy) is 1. The molecule has 0 spiro atoms. The Morgan fingerprint density at radius 1 is 1.29 bits per heavy atom. The highest BCUT2D eigenvalue weighted by Gasteiger charge is 2.12. The monoisotopic (exact) mass is 352 g/mol. The number of nitrogens with zero attached hydrogens (tertiary/aromatic N) is 2. The molecule has 0 aromatic heterocycles. The number of unbranched alkanes of at least 4 members (excludes halogenated alkanes) is 1. The first-order chi connectivity index (χ1) is 11.6. The van der Waals surface area contributed by atoms with Gasteiger partial charge >= 0.3 is 0 Å². The molecule has 134 valence electrons. The molecule has 0 fully saturated rings. The maximum Gasteiger partial charge on any atom is 0.119 e.